The lowest BCUT2D eigenvalue weighted by atomic mass is 9.98. The molecule has 1 aliphatic heterocycles. The van der Waals surface area contributed by atoms with Gasteiger partial charge in [-0.05, 0) is 49.1 Å². The maximum atomic E-state index is 12.7. The van der Waals surface area contributed by atoms with Crippen LogP contribution in [-0.4, -0.2) is 37.4 Å². The highest BCUT2D eigenvalue weighted by atomic mass is 16.5. The summed E-state index contributed by atoms with van der Waals surface area (Å²) in [6.07, 6.45) is 2.46. The molecule has 0 amide bonds. The minimum absolute atomic E-state index is 0.184. The molecule has 0 bridgehead atoms. The lowest BCUT2D eigenvalue weighted by molar-refractivity contribution is 0.0893. The van der Waals surface area contributed by atoms with Crippen molar-refractivity contribution in [2.45, 2.75) is 19.8 Å². The van der Waals surface area contributed by atoms with Gasteiger partial charge in [0, 0.05) is 17.7 Å². The third-order valence-electron chi connectivity index (χ3n) is 4.71. The van der Waals surface area contributed by atoms with Crippen molar-refractivity contribution in [3.8, 4) is 16.9 Å². The molecular formula is C21H25NO2. The Hall–Kier alpha value is -2.13. The molecule has 1 atom stereocenters. The molecule has 0 saturated carbocycles. The van der Waals surface area contributed by atoms with Crippen molar-refractivity contribution >= 4 is 5.78 Å². The topological polar surface area (TPSA) is 29.5 Å². The smallest absolute Gasteiger partial charge is 0.176 e. The molecule has 3 heteroatoms. The Morgan fingerprint density at radius 1 is 1.21 bits per heavy atom. The number of methoxy groups -OCH3 is 1. The highest BCUT2D eigenvalue weighted by molar-refractivity contribution is 5.99. The predicted octanol–water partition coefficient (Wildman–Crippen LogP) is 4.28. The second-order valence-corrected chi connectivity index (χ2v) is 6.69. The number of rotatable bonds is 5. The van der Waals surface area contributed by atoms with Crippen molar-refractivity contribution in [1.82, 2.24) is 4.90 Å². The van der Waals surface area contributed by atoms with Crippen molar-refractivity contribution in [1.29, 1.82) is 0 Å². The summed E-state index contributed by atoms with van der Waals surface area (Å²) < 4.78 is 5.48. The average molecular weight is 323 g/mol. The van der Waals surface area contributed by atoms with E-state index in [4.69, 9.17) is 4.74 Å². The summed E-state index contributed by atoms with van der Waals surface area (Å²) in [7, 11) is 1.67. The number of likely N-dealkylation sites (tertiary alicyclic amines) is 1. The van der Waals surface area contributed by atoms with Gasteiger partial charge in [0.2, 0.25) is 0 Å². The number of nitrogens with zero attached hydrogens (tertiary/aromatic N) is 1. The van der Waals surface area contributed by atoms with Crippen molar-refractivity contribution in [2.75, 3.05) is 26.7 Å². The fourth-order valence-corrected chi connectivity index (χ4v) is 3.45. The Kier molecular flexibility index (Phi) is 5.31. The molecule has 3 nitrogen and oxygen atoms in total. The van der Waals surface area contributed by atoms with E-state index in [-0.39, 0.29) is 5.78 Å². The summed E-state index contributed by atoms with van der Waals surface area (Å²) in [5.74, 6) is 1.66. The van der Waals surface area contributed by atoms with E-state index in [1.165, 1.54) is 12.8 Å². The first-order chi connectivity index (χ1) is 11.7. The molecule has 0 radical (unpaired) electrons. The highest BCUT2D eigenvalue weighted by Crippen LogP contribution is 2.31. The zero-order chi connectivity index (χ0) is 16.9. The molecule has 0 N–H and O–H groups in total. The lowest BCUT2D eigenvalue weighted by Gasteiger charge is -2.30. The lowest BCUT2D eigenvalue weighted by Crippen LogP contribution is -2.37. The van der Waals surface area contributed by atoms with Crippen molar-refractivity contribution in [2.24, 2.45) is 5.92 Å². The molecular weight excluding hydrogens is 298 g/mol. The van der Waals surface area contributed by atoms with Gasteiger partial charge in [0.05, 0.1) is 13.7 Å². The maximum absolute atomic E-state index is 12.7. The fourth-order valence-electron chi connectivity index (χ4n) is 3.45. The van der Waals surface area contributed by atoms with E-state index >= 15 is 0 Å². The van der Waals surface area contributed by atoms with Gasteiger partial charge < -0.3 is 4.74 Å². The molecule has 3 rings (SSSR count). The van der Waals surface area contributed by atoms with Crippen LogP contribution < -0.4 is 4.74 Å². The molecule has 1 heterocycles. The first kappa shape index (κ1) is 16.7. The minimum Gasteiger partial charge on any atom is -0.496 e. The van der Waals surface area contributed by atoms with E-state index in [0.29, 0.717) is 12.5 Å². The maximum Gasteiger partial charge on any atom is 0.176 e. The first-order valence-electron chi connectivity index (χ1n) is 8.66. The van der Waals surface area contributed by atoms with E-state index < -0.39 is 0 Å². The zero-order valence-electron chi connectivity index (χ0n) is 14.5. The number of piperidine rings is 1. The molecule has 24 heavy (non-hydrogen) atoms. The zero-order valence-corrected chi connectivity index (χ0v) is 14.5. The van der Waals surface area contributed by atoms with Gasteiger partial charge in [-0.15, -0.1) is 0 Å². The van der Waals surface area contributed by atoms with Gasteiger partial charge in [-0.2, -0.15) is 0 Å². The molecule has 1 saturated heterocycles. The Labute approximate surface area is 144 Å². The third kappa shape index (κ3) is 3.85. The second-order valence-electron chi connectivity index (χ2n) is 6.69. The Morgan fingerprint density at radius 3 is 2.71 bits per heavy atom. The molecule has 0 aliphatic carbocycles. The molecule has 1 aliphatic rings. The molecule has 2 aromatic carbocycles. The third-order valence-corrected chi connectivity index (χ3v) is 4.71. The second kappa shape index (κ2) is 7.63. The summed E-state index contributed by atoms with van der Waals surface area (Å²) in [5, 5.41) is 0. The van der Waals surface area contributed by atoms with Gasteiger partial charge in [-0.25, -0.2) is 0 Å². The minimum atomic E-state index is 0.184. The average Bonchev–Trinajstić information content (AvgIpc) is 2.62. The van der Waals surface area contributed by atoms with Gasteiger partial charge in [0.15, 0.2) is 5.78 Å². The number of benzene rings is 2. The van der Waals surface area contributed by atoms with Gasteiger partial charge in [-0.1, -0.05) is 37.3 Å². The van der Waals surface area contributed by atoms with Crippen LogP contribution >= 0.6 is 0 Å². The predicted molar refractivity (Wildman–Crippen MR) is 97.6 cm³/mol. The van der Waals surface area contributed by atoms with Crippen molar-refractivity contribution < 1.29 is 9.53 Å². The summed E-state index contributed by atoms with van der Waals surface area (Å²) in [5.41, 5.74) is 2.79. The summed E-state index contributed by atoms with van der Waals surface area (Å²) in [4.78, 5) is 15.0. The van der Waals surface area contributed by atoms with Crippen LogP contribution in [-0.2, 0) is 0 Å². The van der Waals surface area contributed by atoms with Crippen LogP contribution in [0.3, 0.4) is 0 Å². The number of Topliss-reactive ketones (excluding diaryl/α,β-unsaturated/α-hetero) is 1. The van der Waals surface area contributed by atoms with Gasteiger partial charge in [-0.3, -0.25) is 9.69 Å². The van der Waals surface area contributed by atoms with Crippen LogP contribution in [0.1, 0.15) is 30.1 Å². The highest BCUT2D eigenvalue weighted by Gasteiger charge is 2.20. The number of ketones is 1. The fraction of sp³-hybridized carbons (Fsp3) is 0.381. The number of ether oxygens (including phenoxy) is 1. The number of hydrogen-bond donors (Lipinski definition) is 0. The van der Waals surface area contributed by atoms with E-state index in [1.54, 1.807) is 7.11 Å². The summed E-state index contributed by atoms with van der Waals surface area (Å²) in [6.45, 7) is 4.81. The Balaban J connectivity index is 1.82. The SMILES string of the molecule is COc1ccc(C(=O)CN2CCCC(C)C2)cc1-c1ccccc1. The number of carbonyl (C=O) groups is 1. The molecule has 126 valence electrons. The van der Waals surface area contributed by atoms with Crippen molar-refractivity contribution in [3.63, 3.8) is 0 Å². The van der Waals surface area contributed by atoms with Crippen LogP contribution in [0, 0.1) is 5.92 Å². The van der Waals surface area contributed by atoms with E-state index in [0.717, 1.165) is 35.5 Å². The number of hydrogen-bond acceptors (Lipinski definition) is 3. The molecule has 2 aromatic rings. The summed E-state index contributed by atoms with van der Waals surface area (Å²) in [6, 6.07) is 15.8. The Bertz CT molecular complexity index is 696. The quantitative estimate of drug-likeness (QED) is 0.769. The number of carbonyl (C=O) groups excluding carboxylic acids is 1. The van der Waals surface area contributed by atoms with Crippen LogP contribution in [0.2, 0.25) is 0 Å². The summed E-state index contributed by atoms with van der Waals surface area (Å²) >= 11 is 0. The van der Waals surface area contributed by atoms with Crippen LogP contribution in [0.15, 0.2) is 48.5 Å². The van der Waals surface area contributed by atoms with Gasteiger partial charge in [0.1, 0.15) is 5.75 Å². The van der Waals surface area contributed by atoms with Crippen molar-refractivity contribution in [3.05, 3.63) is 54.1 Å². The largest absolute Gasteiger partial charge is 0.496 e. The van der Waals surface area contributed by atoms with Crippen LogP contribution in [0.4, 0.5) is 0 Å². The first-order valence-corrected chi connectivity index (χ1v) is 8.66. The van der Waals surface area contributed by atoms with E-state index in [9.17, 15) is 4.79 Å². The Morgan fingerprint density at radius 2 is 2.00 bits per heavy atom. The normalized spacial score (nSPS) is 18.3. The molecule has 0 spiro atoms. The van der Waals surface area contributed by atoms with Crippen LogP contribution in [0.25, 0.3) is 11.1 Å². The van der Waals surface area contributed by atoms with Gasteiger partial charge in [0.25, 0.3) is 0 Å². The monoisotopic (exact) mass is 323 g/mol. The molecule has 1 unspecified atom stereocenters. The van der Waals surface area contributed by atoms with Gasteiger partial charge >= 0.3 is 0 Å². The van der Waals surface area contributed by atoms with E-state index in [2.05, 4.69) is 11.8 Å². The molecule has 0 aromatic heterocycles. The van der Waals surface area contributed by atoms with E-state index in [1.807, 2.05) is 48.5 Å². The van der Waals surface area contributed by atoms with Crippen LogP contribution in [0.5, 0.6) is 5.75 Å². The molecule has 1 fully saturated rings. The standard InChI is InChI=1S/C21H25NO2/c1-16-7-6-12-22(14-16)15-20(23)18-10-11-21(24-2)19(13-18)17-8-4-3-5-9-17/h3-5,8-11,13,16H,6-7,12,14-15H2,1-2H3.